The number of hydrogen-bond acceptors (Lipinski definition) is 6. The summed E-state index contributed by atoms with van der Waals surface area (Å²) in [4.78, 5) is 0. The third-order valence-electron chi connectivity index (χ3n) is 4.93. The number of nitrogens with zero attached hydrogens (tertiary/aromatic N) is 3. The second-order valence-corrected chi connectivity index (χ2v) is 5.87. The van der Waals surface area contributed by atoms with E-state index >= 15 is 0 Å². The largest absolute Gasteiger partial charge is 0.448 e. The molecular weight excluding hydrogens is 268 g/mol. The standard InChI is InChI=1S/C15H18N4O2/c1-4-5-6-11-15(9-18)12(19)21-13(3,20-11)10(2)14(15,7-16)8-17/h10-11,19H,4-6H2,1-3H3/t10-,11+,13+,15+/m0/s1. The van der Waals surface area contributed by atoms with Gasteiger partial charge < -0.3 is 9.47 Å². The highest BCUT2D eigenvalue weighted by atomic mass is 16.7. The summed E-state index contributed by atoms with van der Waals surface area (Å²) in [6.07, 6.45) is 1.53. The molecule has 0 aromatic carbocycles. The van der Waals surface area contributed by atoms with Crippen molar-refractivity contribution < 1.29 is 9.47 Å². The molecule has 0 amide bonds. The maximum atomic E-state index is 9.75. The molecule has 0 radical (unpaired) electrons. The van der Waals surface area contributed by atoms with Gasteiger partial charge in [0.05, 0.1) is 30.2 Å². The van der Waals surface area contributed by atoms with E-state index < -0.39 is 28.6 Å². The van der Waals surface area contributed by atoms with Crippen molar-refractivity contribution in [2.75, 3.05) is 0 Å². The molecule has 0 aromatic heterocycles. The summed E-state index contributed by atoms with van der Waals surface area (Å²) in [5.41, 5.74) is -3.30. The van der Waals surface area contributed by atoms with Gasteiger partial charge in [0.2, 0.25) is 11.7 Å². The minimum Gasteiger partial charge on any atom is -0.448 e. The smallest absolute Gasteiger partial charge is 0.214 e. The molecule has 4 atom stereocenters. The van der Waals surface area contributed by atoms with Gasteiger partial charge in [0, 0.05) is 6.92 Å². The Hall–Kier alpha value is -2.10. The van der Waals surface area contributed by atoms with Crippen molar-refractivity contribution in [1.29, 1.82) is 21.2 Å². The molecule has 0 aromatic rings. The number of fused-ring (bicyclic) bond motifs is 3. The van der Waals surface area contributed by atoms with E-state index in [2.05, 4.69) is 0 Å². The van der Waals surface area contributed by atoms with Crippen LogP contribution in [0.15, 0.2) is 0 Å². The molecule has 3 aliphatic heterocycles. The molecule has 2 bridgehead atoms. The van der Waals surface area contributed by atoms with Crippen molar-refractivity contribution in [3.8, 4) is 18.2 Å². The lowest BCUT2D eigenvalue weighted by Gasteiger charge is -2.60. The molecule has 3 aliphatic rings. The minimum absolute atomic E-state index is 0.318. The van der Waals surface area contributed by atoms with E-state index in [0.29, 0.717) is 6.42 Å². The van der Waals surface area contributed by atoms with Crippen molar-refractivity contribution in [2.45, 2.75) is 51.9 Å². The van der Waals surface area contributed by atoms with Crippen molar-refractivity contribution >= 4 is 5.90 Å². The molecule has 3 fully saturated rings. The van der Waals surface area contributed by atoms with Gasteiger partial charge >= 0.3 is 0 Å². The van der Waals surface area contributed by atoms with Crippen LogP contribution in [0, 0.1) is 56.2 Å². The highest BCUT2D eigenvalue weighted by molar-refractivity contribution is 5.88. The maximum absolute atomic E-state index is 9.75. The topological polar surface area (TPSA) is 114 Å². The van der Waals surface area contributed by atoms with E-state index in [1.54, 1.807) is 13.8 Å². The van der Waals surface area contributed by atoms with Crippen molar-refractivity contribution in [3.05, 3.63) is 0 Å². The van der Waals surface area contributed by atoms with Gasteiger partial charge in [0.25, 0.3) is 0 Å². The second-order valence-electron chi connectivity index (χ2n) is 5.87. The van der Waals surface area contributed by atoms with E-state index in [0.717, 1.165) is 12.8 Å². The van der Waals surface area contributed by atoms with E-state index in [4.69, 9.17) is 14.9 Å². The van der Waals surface area contributed by atoms with Gasteiger partial charge in [-0.2, -0.15) is 15.8 Å². The van der Waals surface area contributed by atoms with Crippen molar-refractivity contribution in [2.24, 2.45) is 16.7 Å². The molecule has 1 N–H and O–H groups in total. The van der Waals surface area contributed by atoms with E-state index in [1.165, 1.54) is 0 Å². The molecule has 3 heterocycles. The number of nitrogens with one attached hydrogen (secondary N) is 1. The predicted molar refractivity (Wildman–Crippen MR) is 72.5 cm³/mol. The summed E-state index contributed by atoms with van der Waals surface area (Å²) in [5.74, 6) is -2.17. The Morgan fingerprint density at radius 3 is 2.33 bits per heavy atom. The Morgan fingerprint density at radius 1 is 1.24 bits per heavy atom. The van der Waals surface area contributed by atoms with Crippen LogP contribution in [-0.4, -0.2) is 17.8 Å². The Morgan fingerprint density at radius 2 is 1.86 bits per heavy atom. The van der Waals surface area contributed by atoms with Gasteiger partial charge in [-0.1, -0.05) is 26.7 Å². The van der Waals surface area contributed by atoms with Crippen LogP contribution >= 0.6 is 0 Å². The van der Waals surface area contributed by atoms with Crippen LogP contribution in [0.4, 0.5) is 0 Å². The average Bonchev–Trinajstić information content (AvgIpc) is 2.47. The van der Waals surface area contributed by atoms with E-state index in [9.17, 15) is 15.8 Å². The van der Waals surface area contributed by atoms with Gasteiger partial charge in [0.1, 0.15) is 0 Å². The first-order valence-corrected chi connectivity index (χ1v) is 7.08. The number of nitriles is 3. The first kappa shape index (κ1) is 15.3. The van der Waals surface area contributed by atoms with E-state index in [1.807, 2.05) is 25.1 Å². The molecule has 0 unspecified atom stereocenters. The van der Waals surface area contributed by atoms with Crippen LogP contribution in [0.25, 0.3) is 0 Å². The zero-order valence-corrected chi connectivity index (χ0v) is 12.4. The fourth-order valence-corrected chi connectivity index (χ4v) is 3.45. The van der Waals surface area contributed by atoms with Gasteiger partial charge in [-0.25, -0.2) is 0 Å². The van der Waals surface area contributed by atoms with Gasteiger partial charge in [-0.3, -0.25) is 5.41 Å². The average molecular weight is 286 g/mol. The SMILES string of the molecule is CCCC[C@H]1O[C@]2(C)OC(=N)[C@]1(C#N)C(C#N)(C#N)[C@H]2C. The van der Waals surface area contributed by atoms with Gasteiger partial charge in [0.15, 0.2) is 10.8 Å². The van der Waals surface area contributed by atoms with Crippen LogP contribution in [0.3, 0.4) is 0 Å². The lowest BCUT2D eigenvalue weighted by Crippen LogP contribution is -2.73. The predicted octanol–water partition coefficient (Wildman–Crippen LogP) is 2.48. The summed E-state index contributed by atoms with van der Waals surface area (Å²) in [7, 11) is 0. The van der Waals surface area contributed by atoms with E-state index in [-0.39, 0.29) is 5.90 Å². The van der Waals surface area contributed by atoms with Crippen molar-refractivity contribution in [3.63, 3.8) is 0 Å². The van der Waals surface area contributed by atoms with Gasteiger partial charge in [-0.15, -0.1) is 0 Å². The van der Waals surface area contributed by atoms with Crippen LogP contribution in [0.5, 0.6) is 0 Å². The fraction of sp³-hybridized carbons (Fsp3) is 0.733. The molecule has 21 heavy (non-hydrogen) atoms. The monoisotopic (exact) mass is 286 g/mol. The molecule has 110 valence electrons. The molecule has 0 aliphatic carbocycles. The number of unbranched alkanes of at least 4 members (excludes halogenated alkanes) is 1. The summed E-state index contributed by atoms with van der Waals surface area (Å²) in [5, 5.41) is 37.2. The Kier molecular flexibility index (Phi) is 3.44. The molecular formula is C15H18N4O2. The Balaban J connectivity index is 2.68. The van der Waals surface area contributed by atoms with Crippen LogP contribution < -0.4 is 0 Å². The Labute approximate surface area is 124 Å². The van der Waals surface area contributed by atoms with Crippen LogP contribution in [0.1, 0.15) is 40.0 Å². The molecule has 6 heteroatoms. The van der Waals surface area contributed by atoms with Gasteiger partial charge in [-0.05, 0) is 6.42 Å². The molecule has 0 spiro atoms. The fourth-order valence-electron chi connectivity index (χ4n) is 3.45. The number of hydrogen-bond donors (Lipinski definition) is 1. The third kappa shape index (κ3) is 1.56. The molecule has 3 saturated heterocycles. The highest BCUT2D eigenvalue weighted by Gasteiger charge is 2.77. The number of ether oxygens (including phenoxy) is 2. The number of rotatable bonds is 3. The molecule has 3 rings (SSSR count). The first-order valence-electron chi connectivity index (χ1n) is 7.08. The lowest BCUT2D eigenvalue weighted by atomic mass is 9.51. The second kappa shape index (κ2) is 4.72. The lowest BCUT2D eigenvalue weighted by molar-refractivity contribution is -0.336. The quantitative estimate of drug-likeness (QED) is 0.856. The zero-order chi connectivity index (χ0) is 15.9. The summed E-state index contributed by atoms with van der Waals surface area (Å²) < 4.78 is 11.4. The summed E-state index contributed by atoms with van der Waals surface area (Å²) in [6, 6.07) is 6.07. The zero-order valence-electron chi connectivity index (χ0n) is 12.4. The first-order chi connectivity index (χ1) is 9.88. The minimum atomic E-state index is -1.66. The maximum Gasteiger partial charge on any atom is 0.214 e. The van der Waals surface area contributed by atoms with Crippen LogP contribution in [-0.2, 0) is 9.47 Å². The molecule has 6 nitrogen and oxygen atoms in total. The summed E-state index contributed by atoms with van der Waals surface area (Å²) in [6.45, 7) is 5.31. The van der Waals surface area contributed by atoms with Crippen molar-refractivity contribution in [1.82, 2.24) is 0 Å². The summed E-state index contributed by atoms with van der Waals surface area (Å²) >= 11 is 0. The highest BCUT2D eigenvalue weighted by Crippen LogP contribution is 2.62. The Bertz CT molecular complexity index is 582. The normalized spacial score (nSPS) is 39.7. The van der Waals surface area contributed by atoms with Crippen LogP contribution in [0.2, 0.25) is 0 Å². The molecule has 0 saturated carbocycles. The third-order valence-corrected chi connectivity index (χ3v) is 4.93.